The SMILES string of the molecule is O=C(O)C=Cc1ccccc1OCCN1CCCCC1. The van der Waals surface area contributed by atoms with E-state index in [9.17, 15) is 4.79 Å². The Labute approximate surface area is 119 Å². The topological polar surface area (TPSA) is 49.8 Å². The summed E-state index contributed by atoms with van der Waals surface area (Å²) in [5.74, 6) is -0.213. The minimum absolute atomic E-state index is 0.637. The number of carboxylic acids is 1. The highest BCUT2D eigenvalue weighted by atomic mass is 16.5. The highest BCUT2D eigenvalue weighted by molar-refractivity contribution is 5.85. The molecule has 1 saturated heterocycles. The van der Waals surface area contributed by atoms with Gasteiger partial charge in [-0.2, -0.15) is 0 Å². The van der Waals surface area contributed by atoms with E-state index in [1.165, 1.54) is 19.3 Å². The van der Waals surface area contributed by atoms with Gasteiger partial charge in [0.15, 0.2) is 0 Å². The molecule has 1 aliphatic rings. The first kappa shape index (κ1) is 14.6. The van der Waals surface area contributed by atoms with Crippen molar-refractivity contribution < 1.29 is 14.6 Å². The number of aliphatic carboxylic acids is 1. The molecule has 0 amide bonds. The zero-order valence-electron chi connectivity index (χ0n) is 11.6. The van der Waals surface area contributed by atoms with Crippen LogP contribution in [0.15, 0.2) is 30.3 Å². The van der Waals surface area contributed by atoms with Gasteiger partial charge in [-0.1, -0.05) is 24.6 Å². The molecule has 0 spiro atoms. The number of benzene rings is 1. The van der Waals surface area contributed by atoms with Crippen LogP contribution in [0.4, 0.5) is 0 Å². The van der Waals surface area contributed by atoms with Gasteiger partial charge in [-0.3, -0.25) is 4.90 Å². The number of piperidine rings is 1. The first-order chi connectivity index (χ1) is 9.75. The third-order valence-electron chi connectivity index (χ3n) is 3.44. The number of hydrogen-bond donors (Lipinski definition) is 1. The van der Waals surface area contributed by atoms with Crippen molar-refractivity contribution in [2.75, 3.05) is 26.2 Å². The fourth-order valence-electron chi connectivity index (χ4n) is 2.38. The zero-order chi connectivity index (χ0) is 14.2. The van der Waals surface area contributed by atoms with Crippen molar-refractivity contribution in [2.45, 2.75) is 19.3 Å². The van der Waals surface area contributed by atoms with Gasteiger partial charge in [0.1, 0.15) is 12.4 Å². The summed E-state index contributed by atoms with van der Waals surface area (Å²) in [4.78, 5) is 13.0. The van der Waals surface area contributed by atoms with E-state index in [1.54, 1.807) is 6.08 Å². The highest BCUT2D eigenvalue weighted by Crippen LogP contribution is 2.19. The summed E-state index contributed by atoms with van der Waals surface area (Å²) in [5.41, 5.74) is 0.800. The molecule has 20 heavy (non-hydrogen) atoms. The Morgan fingerprint density at radius 1 is 1.25 bits per heavy atom. The Kier molecular flexibility index (Phi) is 5.62. The average molecular weight is 275 g/mol. The lowest BCUT2D eigenvalue weighted by molar-refractivity contribution is -0.131. The molecule has 4 heteroatoms. The lowest BCUT2D eigenvalue weighted by Crippen LogP contribution is -2.33. The molecule has 2 rings (SSSR count). The molecule has 1 aromatic carbocycles. The van der Waals surface area contributed by atoms with Crippen LogP contribution in [-0.4, -0.2) is 42.2 Å². The number of carbonyl (C=O) groups is 1. The van der Waals surface area contributed by atoms with Crippen molar-refractivity contribution in [1.82, 2.24) is 4.90 Å². The van der Waals surface area contributed by atoms with Crippen LogP contribution in [0.25, 0.3) is 6.08 Å². The van der Waals surface area contributed by atoms with E-state index in [2.05, 4.69) is 4.90 Å². The summed E-state index contributed by atoms with van der Waals surface area (Å²) >= 11 is 0. The predicted octanol–water partition coefficient (Wildman–Crippen LogP) is 2.65. The number of likely N-dealkylation sites (tertiary alicyclic amines) is 1. The van der Waals surface area contributed by atoms with Gasteiger partial charge in [0, 0.05) is 18.2 Å². The van der Waals surface area contributed by atoms with Crippen LogP contribution >= 0.6 is 0 Å². The van der Waals surface area contributed by atoms with Crippen LogP contribution in [0.5, 0.6) is 5.75 Å². The van der Waals surface area contributed by atoms with Crippen LogP contribution in [0.3, 0.4) is 0 Å². The lowest BCUT2D eigenvalue weighted by Gasteiger charge is -2.26. The van der Waals surface area contributed by atoms with E-state index in [0.29, 0.717) is 6.61 Å². The van der Waals surface area contributed by atoms with Crippen molar-refractivity contribution in [3.63, 3.8) is 0 Å². The molecule has 1 aromatic rings. The summed E-state index contributed by atoms with van der Waals surface area (Å²) in [6.07, 6.45) is 6.58. The number of rotatable bonds is 6. The maximum absolute atomic E-state index is 10.6. The Balaban J connectivity index is 1.86. The first-order valence-electron chi connectivity index (χ1n) is 7.11. The van der Waals surface area contributed by atoms with E-state index in [4.69, 9.17) is 9.84 Å². The fourth-order valence-corrected chi connectivity index (χ4v) is 2.38. The maximum Gasteiger partial charge on any atom is 0.328 e. The molecular weight excluding hydrogens is 254 g/mol. The largest absolute Gasteiger partial charge is 0.492 e. The van der Waals surface area contributed by atoms with Crippen LogP contribution in [0.2, 0.25) is 0 Å². The van der Waals surface area contributed by atoms with Gasteiger partial charge < -0.3 is 9.84 Å². The number of para-hydroxylation sites is 1. The Bertz CT molecular complexity index is 465. The molecule has 0 atom stereocenters. The monoisotopic (exact) mass is 275 g/mol. The molecule has 1 aliphatic heterocycles. The summed E-state index contributed by atoms with van der Waals surface area (Å²) < 4.78 is 5.79. The lowest BCUT2D eigenvalue weighted by atomic mass is 10.1. The first-order valence-corrected chi connectivity index (χ1v) is 7.11. The maximum atomic E-state index is 10.6. The number of carboxylic acid groups (broad SMARTS) is 1. The normalized spacial score (nSPS) is 16.4. The van der Waals surface area contributed by atoms with E-state index >= 15 is 0 Å². The van der Waals surface area contributed by atoms with Gasteiger partial charge in [-0.25, -0.2) is 4.79 Å². The molecule has 0 aromatic heterocycles. The van der Waals surface area contributed by atoms with Gasteiger partial charge in [0.25, 0.3) is 0 Å². The second kappa shape index (κ2) is 7.70. The minimum Gasteiger partial charge on any atom is -0.492 e. The zero-order valence-corrected chi connectivity index (χ0v) is 11.6. The second-order valence-corrected chi connectivity index (χ2v) is 4.96. The number of ether oxygens (including phenoxy) is 1. The predicted molar refractivity (Wildman–Crippen MR) is 78.9 cm³/mol. The van der Waals surface area contributed by atoms with Crippen molar-refractivity contribution in [3.8, 4) is 5.75 Å². The Morgan fingerprint density at radius 3 is 2.75 bits per heavy atom. The molecule has 1 fully saturated rings. The van der Waals surface area contributed by atoms with Crippen LogP contribution in [0.1, 0.15) is 24.8 Å². The van der Waals surface area contributed by atoms with Crippen LogP contribution < -0.4 is 4.74 Å². The third kappa shape index (κ3) is 4.70. The van der Waals surface area contributed by atoms with Crippen molar-refractivity contribution >= 4 is 12.0 Å². The van der Waals surface area contributed by atoms with E-state index in [0.717, 1.165) is 37.0 Å². The Hall–Kier alpha value is -1.81. The molecule has 0 unspecified atom stereocenters. The quantitative estimate of drug-likeness (QED) is 0.811. The van der Waals surface area contributed by atoms with Gasteiger partial charge in [-0.05, 0) is 38.1 Å². The molecule has 0 aliphatic carbocycles. The highest BCUT2D eigenvalue weighted by Gasteiger charge is 2.09. The van der Waals surface area contributed by atoms with Crippen LogP contribution in [-0.2, 0) is 4.79 Å². The number of hydrogen-bond acceptors (Lipinski definition) is 3. The molecule has 0 radical (unpaired) electrons. The van der Waals surface area contributed by atoms with E-state index in [1.807, 2.05) is 24.3 Å². The molecule has 1 heterocycles. The molecule has 4 nitrogen and oxygen atoms in total. The summed E-state index contributed by atoms with van der Waals surface area (Å²) in [6.45, 7) is 3.88. The average Bonchev–Trinajstić information content (AvgIpc) is 2.47. The minimum atomic E-state index is -0.951. The van der Waals surface area contributed by atoms with E-state index < -0.39 is 5.97 Å². The summed E-state index contributed by atoms with van der Waals surface area (Å²) in [7, 11) is 0. The van der Waals surface area contributed by atoms with Crippen molar-refractivity contribution in [3.05, 3.63) is 35.9 Å². The summed E-state index contributed by atoms with van der Waals surface area (Å²) in [5, 5.41) is 8.68. The van der Waals surface area contributed by atoms with Gasteiger partial charge in [0.05, 0.1) is 0 Å². The van der Waals surface area contributed by atoms with E-state index in [-0.39, 0.29) is 0 Å². The molecule has 0 bridgehead atoms. The van der Waals surface area contributed by atoms with Gasteiger partial charge >= 0.3 is 5.97 Å². The third-order valence-corrected chi connectivity index (χ3v) is 3.44. The standard InChI is InChI=1S/C16H21NO3/c18-16(19)9-8-14-6-2-3-7-15(14)20-13-12-17-10-4-1-5-11-17/h2-3,6-9H,1,4-5,10-13H2,(H,18,19). The van der Waals surface area contributed by atoms with Crippen molar-refractivity contribution in [2.24, 2.45) is 0 Å². The molecule has 1 N–H and O–H groups in total. The smallest absolute Gasteiger partial charge is 0.328 e. The Morgan fingerprint density at radius 2 is 2.00 bits per heavy atom. The molecule has 108 valence electrons. The molecular formula is C16H21NO3. The summed E-state index contributed by atoms with van der Waals surface area (Å²) in [6, 6.07) is 7.50. The molecule has 0 saturated carbocycles. The fraction of sp³-hybridized carbons (Fsp3) is 0.438. The van der Waals surface area contributed by atoms with Gasteiger partial charge in [0.2, 0.25) is 0 Å². The second-order valence-electron chi connectivity index (χ2n) is 4.96. The van der Waals surface area contributed by atoms with Crippen molar-refractivity contribution in [1.29, 1.82) is 0 Å². The van der Waals surface area contributed by atoms with Gasteiger partial charge in [-0.15, -0.1) is 0 Å². The van der Waals surface area contributed by atoms with Crippen LogP contribution in [0, 0.1) is 0 Å². The number of nitrogens with zero attached hydrogens (tertiary/aromatic N) is 1.